The van der Waals surface area contributed by atoms with Gasteiger partial charge in [-0.15, -0.1) is 0 Å². The molecule has 3 rings (SSSR count). The highest BCUT2D eigenvalue weighted by molar-refractivity contribution is 5.77. The van der Waals surface area contributed by atoms with E-state index in [0.29, 0.717) is 37.0 Å². The van der Waals surface area contributed by atoms with E-state index in [1.54, 1.807) is 14.2 Å². The highest BCUT2D eigenvalue weighted by Gasteiger charge is 2.35. The number of amides is 1. The molecular weight excluding hydrogens is 342 g/mol. The molecule has 0 aromatic heterocycles. The molecule has 1 amide bonds. The SMILES string of the molecule is COc1ccc(CN(C(=O)CC2C(C)NNC2C)C2CCCC2)c(OC)c1. The van der Waals surface area contributed by atoms with E-state index in [1.165, 1.54) is 12.8 Å². The van der Waals surface area contributed by atoms with Gasteiger partial charge in [-0.2, -0.15) is 0 Å². The fourth-order valence-corrected chi connectivity index (χ4v) is 4.39. The van der Waals surface area contributed by atoms with Gasteiger partial charge in [0.25, 0.3) is 0 Å². The van der Waals surface area contributed by atoms with Gasteiger partial charge in [0.05, 0.1) is 14.2 Å². The zero-order chi connectivity index (χ0) is 19.4. The van der Waals surface area contributed by atoms with Crippen LogP contribution in [-0.4, -0.2) is 43.2 Å². The Morgan fingerprint density at radius 2 is 1.78 bits per heavy atom. The van der Waals surface area contributed by atoms with Crippen LogP contribution in [0.4, 0.5) is 0 Å². The van der Waals surface area contributed by atoms with Gasteiger partial charge < -0.3 is 14.4 Å². The van der Waals surface area contributed by atoms with Crippen molar-refractivity contribution in [2.45, 2.75) is 70.6 Å². The molecule has 1 saturated carbocycles. The second-order valence-electron chi connectivity index (χ2n) is 7.87. The zero-order valence-electron chi connectivity index (χ0n) is 17.0. The van der Waals surface area contributed by atoms with Gasteiger partial charge >= 0.3 is 0 Å². The van der Waals surface area contributed by atoms with E-state index in [0.717, 1.165) is 29.9 Å². The lowest BCUT2D eigenvalue weighted by Crippen LogP contribution is -2.41. The van der Waals surface area contributed by atoms with Crippen molar-refractivity contribution in [2.24, 2.45) is 5.92 Å². The van der Waals surface area contributed by atoms with Crippen LogP contribution in [0.2, 0.25) is 0 Å². The van der Waals surface area contributed by atoms with Crippen LogP contribution in [0.3, 0.4) is 0 Å². The number of rotatable bonds is 7. The van der Waals surface area contributed by atoms with Gasteiger partial charge in [-0.1, -0.05) is 12.8 Å². The third-order valence-electron chi connectivity index (χ3n) is 6.15. The van der Waals surface area contributed by atoms with Gasteiger partial charge in [-0.05, 0) is 38.8 Å². The lowest BCUT2D eigenvalue weighted by Gasteiger charge is -2.31. The van der Waals surface area contributed by atoms with Crippen molar-refractivity contribution in [3.05, 3.63) is 23.8 Å². The number of nitrogens with one attached hydrogen (secondary N) is 2. The summed E-state index contributed by atoms with van der Waals surface area (Å²) in [7, 11) is 3.31. The molecule has 2 atom stereocenters. The Labute approximate surface area is 162 Å². The molecule has 1 aromatic rings. The molecule has 1 aromatic carbocycles. The summed E-state index contributed by atoms with van der Waals surface area (Å²) in [5, 5.41) is 0. The fourth-order valence-electron chi connectivity index (χ4n) is 4.39. The van der Waals surface area contributed by atoms with Crippen LogP contribution < -0.4 is 20.3 Å². The molecule has 0 spiro atoms. The number of nitrogens with zero attached hydrogens (tertiary/aromatic N) is 1. The van der Waals surface area contributed by atoms with E-state index in [2.05, 4.69) is 29.6 Å². The molecular formula is C21H33N3O3. The minimum Gasteiger partial charge on any atom is -0.497 e. The Morgan fingerprint density at radius 1 is 1.11 bits per heavy atom. The van der Waals surface area contributed by atoms with Crippen LogP contribution in [0.15, 0.2) is 18.2 Å². The summed E-state index contributed by atoms with van der Waals surface area (Å²) in [6, 6.07) is 6.76. The molecule has 6 heteroatoms. The summed E-state index contributed by atoms with van der Waals surface area (Å²) >= 11 is 0. The summed E-state index contributed by atoms with van der Waals surface area (Å²) in [5.41, 5.74) is 7.55. The van der Waals surface area contributed by atoms with Crippen molar-refractivity contribution >= 4 is 5.91 Å². The maximum absolute atomic E-state index is 13.3. The molecule has 1 heterocycles. The second kappa shape index (κ2) is 8.93. The van der Waals surface area contributed by atoms with Gasteiger partial charge in [-0.3, -0.25) is 15.6 Å². The third-order valence-corrected chi connectivity index (χ3v) is 6.15. The van der Waals surface area contributed by atoms with Crippen LogP contribution in [0, 0.1) is 5.92 Å². The Balaban J connectivity index is 1.78. The van der Waals surface area contributed by atoms with E-state index < -0.39 is 0 Å². The number of carbonyl (C=O) groups is 1. The molecule has 27 heavy (non-hydrogen) atoms. The zero-order valence-corrected chi connectivity index (χ0v) is 17.0. The number of ether oxygens (including phenoxy) is 2. The van der Waals surface area contributed by atoms with Crippen molar-refractivity contribution < 1.29 is 14.3 Å². The Hall–Kier alpha value is -1.79. The van der Waals surface area contributed by atoms with Crippen LogP contribution in [0.25, 0.3) is 0 Å². The van der Waals surface area contributed by atoms with Gasteiger partial charge in [-0.25, -0.2) is 0 Å². The first kappa shape index (κ1) is 20.0. The normalized spacial score (nSPS) is 25.6. The standard InChI is InChI=1S/C21H33N3O3/c1-14-19(15(2)23-22-14)12-21(25)24(17-7-5-6-8-17)13-16-9-10-18(26-3)11-20(16)27-4/h9-11,14-15,17,19,22-23H,5-8,12-13H2,1-4H3. The number of hydrogen-bond acceptors (Lipinski definition) is 5. The lowest BCUT2D eigenvalue weighted by atomic mass is 9.92. The van der Waals surface area contributed by atoms with E-state index in [-0.39, 0.29) is 5.91 Å². The first-order valence-corrected chi connectivity index (χ1v) is 10.0. The number of hydrazine groups is 1. The first-order chi connectivity index (χ1) is 13.0. The van der Waals surface area contributed by atoms with E-state index in [1.807, 2.05) is 18.2 Å². The number of benzene rings is 1. The lowest BCUT2D eigenvalue weighted by molar-refractivity contribution is -0.135. The monoisotopic (exact) mass is 375 g/mol. The minimum atomic E-state index is 0.244. The minimum absolute atomic E-state index is 0.244. The Kier molecular flexibility index (Phi) is 6.60. The predicted molar refractivity (Wildman–Crippen MR) is 106 cm³/mol. The third kappa shape index (κ3) is 4.55. The van der Waals surface area contributed by atoms with Gasteiger partial charge in [0.1, 0.15) is 11.5 Å². The van der Waals surface area contributed by atoms with Gasteiger partial charge in [0, 0.05) is 48.6 Å². The topological polar surface area (TPSA) is 62.8 Å². The van der Waals surface area contributed by atoms with Gasteiger partial charge in [0.2, 0.25) is 5.91 Å². The largest absolute Gasteiger partial charge is 0.497 e. The second-order valence-corrected chi connectivity index (χ2v) is 7.87. The molecule has 2 fully saturated rings. The molecule has 2 N–H and O–H groups in total. The van der Waals surface area contributed by atoms with E-state index >= 15 is 0 Å². The molecule has 0 radical (unpaired) electrons. The van der Waals surface area contributed by atoms with Crippen molar-refractivity contribution in [3.8, 4) is 11.5 Å². The van der Waals surface area contributed by atoms with Crippen molar-refractivity contribution in [1.82, 2.24) is 15.8 Å². The quantitative estimate of drug-likeness (QED) is 0.767. The van der Waals surface area contributed by atoms with E-state index in [9.17, 15) is 4.79 Å². The molecule has 1 saturated heterocycles. The highest BCUT2D eigenvalue weighted by atomic mass is 16.5. The molecule has 6 nitrogen and oxygen atoms in total. The fraction of sp³-hybridized carbons (Fsp3) is 0.667. The van der Waals surface area contributed by atoms with Crippen molar-refractivity contribution in [3.63, 3.8) is 0 Å². The maximum Gasteiger partial charge on any atom is 0.223 e. The average Bonchev–Trinajstić information content (AvgIpc) is 3.31. The number of carbonyl (C=O) groups excluding carboxylic acids is 1. The summed E-state index contributed by atoms with van der Waals surface area (Å²) < 4.78 is 10.9. The van der Waals surface area contributed by atoms with Crippen LogP contribution in [0.5, 0.6) is 11.5 Å². The van der Waals surface area contributed by atoms with Crippen molar-refractivity contribution in [1.29, 1.82) is 0 Å². The van der Waals surface area contributed by atoms with E-state index in [4.69, 9.17) is 9.47 Å². The van der Waals surface area contributed by atoms with Crippen LogP contribution >= 0.6 is 0 Å². The summed E-state index contributed by atoms with van der Waals surface area (Å²) in [6.07, 6.45) is 5.16. The van der Waals surface area contributed by atoms with Crippen LogP contribution in [0.1, 0.15) is 51.5 Å². The average molecular weight is 376 g/mol. The van der Waals surface area contributed by atoms with Gasteiger partial charge in [0.15, 0.2) is 0 Å². The summed E-state index contributed by atoms with van der Waals surface area (Å²) in [6.45, 7) is 4.87. The summed E-state index contributed by atoms with van der Waals surface area (Å²) in [4.78, 5) is 15.4. The highest BCUT2D eigenvalue weighted by Crippen LogP contribution is 2.31. The molecule has 2 unspecified atom stereocenters. The smallest absolute Gasteiger partial charge is 0.223 e. The Bertz CT molecular complexity index is 636. The maximum atomic E-state index is 13.3. The molecule has 150 valence electrons. The molecule has 1 aliphatic carbocycles. The number of methoxy groups -OCH3 is 2. The molecule has 2 aliphatic rings. The van der Waals surface area contributed by atoms with Crippen molar-refractivity contribution in [2.75, 3.05) is 14.2 Å². The summed E-state index contributed by atoms with van der Waals surface area (Å²) in [5.74, 6) is 2.09. The number of hydrogen-bond donors (Lipinski definition) is 2. The molecule has 1 aliphatic heterocycles. The first-order valence-electron chi connectivity index (χ1n) is 10.0. The van der Waals surface area contributed by atoms with Crippen LogP contribution in [-0.2, 0) is 11.3 Å². The Morgan fingerprint density at radius 3 is 2.37 bits per heavy atom. The molecule has 0 bridgehead atoms. The predicted octanol–water partition coefficient (Wildman–Crippen LogP) is 2.87.